The smallest absolute Gasteiger partial charge is 0.197 e. The van der Waals surface area contributed by atoms with Crippen LogP contribution in [0.1, 0.15) is 27.0 Å². The van der Waals surface area contributed by atoms with Gasteiger partial charge in [0.05, 0.1) is 17.7 Å². The minimum Gasteiger partial charge on any atom is -0.496 e. The quantitative estimate of drug-likeness (QED) is 0.546. The van der Waals surface area contributed by atoms with Gasteiger partial charge in [0.25, 0.3) is 0 Å². The SMILES string of the molecule is COc1cc(C)cc(C)c1C(=O)c1ccc(I)c(Cl)c1. The molecule has 0 N–H and O–H groups in total. The van der Waals surface area contributed by atoms with Crippen molar-refractivity contribution >= 4 is 40.0 Å². The van der Waals surface area contributed by atoms with E-state index < -0.39 is 0 Å². The van der Waals surface area contributed by atoms with Crippen molar-refractivity contribution in [2.24, 2.45) is 0 Å². The number of carbonyl (C=O) groups excluding carboxylic acids is 1. The van der Waals surface area contributed by atoms with Crippen LogP contribution in [-0.4, -0.2) is 12.9 Å². The fourth-order valence-corrected chi connectivity index (χ4v) is 2.68. The van der Waals surface area contributed by atoms with E-state index in [1.807, 2.05) is 32.0 Å². The summed E-state index contributed by atoms with van der Waals surface area (Å²) in [7, 11) is 1.58. The summed E-state index contributed by atoms with van der Waals surface area (Å²) in [5.74, 6) is 0.528. The monoisotopic (exact) mass is 400 g/mol. The predicted octanol–water partition coefficient (Wildman–Crippen LogP) is 4.80. The number of carbonyl (C=O) groups is 1. The molecule has 2 nitrogen and oxygen atoms in total. The summed E-state index contributed by atoms with van der Waals surface area (Å²) < 4.78 is 6.27. The number of ketones is 1. The molecule has 0 amide bonds. The van der Waals surface area contributed by atoms with E-state index in [-0.39, 0.29) is 5.78 Å². The lowest BCUT2D eigenvalue weighted by molar-refractivity contribution is 0.103. The molecule has 0 saturated carbocycles. The molecule has 0 aliphatic carbocycles. The summed E-state index contributed by atoms with van der Waals surface area (Å²) in [5, 5.41) is 0.584. The molecule has 0 saturated heterocycles. The van der Waals surface area contributed by atoms with Crippen LogP contribution in [0, 0.1) is 17.4 Å². The average molecular weight is 401 g/mol. The summed E-state index contributed by atoms with van der Waals surface area (Å²) in [5.41, 5.74) is 3.13. The first-order valence-electron chi connectivity index (χ1n) is 6.09. The van der Waals surface area contributed by atoms with Crippen LogP contribution < -0.4 is 4.74 Å². The van der Waals surface area contributed by atoms with Crippen molar-refractivity contribution in [2.75, 3.05) is 7.11 Å². The second-order valence-electron chi connectivity index (χ2n) is 4.62. The maximum atomic E-state index is 12.7. The van der Waals surface area contributed by atoms with E-state index in [9.17, 15) is 4.79 Å². The number of hydrogen-bond acceptors (Lipinski definition) is 2. The summed E-state index contributed by atoms with van der Waals surface area (Å²) in [6.45, 7) is 3.89. The topological polar surface area (TPSA) is 26.3 Å². The van der Waals surface area contributed by atoms with Gasteiger partial charge < -0.3 is 4.74 Å². The van der Waals surface area contributed by atoms with Crippen LogP contribution >= 0.6 is 34.2 Å². The van der Waals surface area contributed by atoms with Gasteiger partial charge >= 0.3 is 0 Å². The number of halogens is 2. The molecule has 20 heavy (non-hydrogen) atoms. The van der Waals surface area contributed by atoms with Crippen molar-refractivity contribution < 1.29 is 9.53 Å². The molecule has 104 valence electrons. The van der Waals surface area contributed by atoms with Gasteiger partial charge in [0.1, 0.15) is 5.75 Å². The zero-order chi connectivity index (χ0) is 14.9. The van der Waals surface area contributed by atoms with Crippen LogP contribution in [-0.2, 0) is 0 Å². The second-order valence-corrected chi connectivity index (χ2v) is 6.19. The molecule has 0 bridgehead atoms. The molecule has 0 heterocycles. The van der Waals surface area contributed by atoms with E-state index in [1.165, 1.54) is 0 Å². The predicted molar refractivity (Wildman–Crippen MR) is 90.1 cm³/mol. The third kappa shape index (κ3) is 2.99. The zero-order valence-electron chi connectivity index (χ0n) is 11.5. The minimum absolute atomic E-state index is 0.0716. The molecular formula is C16H14ClIO2. The van der Waals surface area contributed by atoms with Crippen LogP contribution in [0.15, 0.2) is 30.3 Å². The highest BCUT2D eigenvalue weighted by Crippen LogP contribution is 2.28. The second kappa shape index (κ2) is 6.14. The molecule has 0 radical (unpaired) electrons. The van der Waals surface area contributed by atoms with Gasteiger partial charge in [-0.1, -0.05) is 17.7 Å². The maximum absolute atomic E-state index is 12.7. The lowest BCUT2D eigenvalue weighted by Crippen LogP contribution is -2.07. The first-order valence-corrected chi connectivity index (χ1v) is 7.54. The first kappa shape index (κ1) is 15.3. The Morgan fingerprint density at radius 1 is 1.20 bits per heavy atom. The maximum Gasteiger partial charge on any atom is 0.197 e. The highest BCUT2D eigenvalue weighted by molar-refractivity contribution is 14.1. The van der Waals surface area contributed by atoms with Gasteiger partial charge in [-0.15, -0.1) is 0 Å². The summed E-state index contributed by atoms with van der Waals surface area (Å²) in [6.07, 6.45) is 0. The molecule has 0 spiro atoms. The molecule has 2 aromatic rings. The number of benzene rings is 2. The van der Waals surface area contributed by atoms with Crippen molar-refractivity contribution in [3.63, 3.8) is 0 Å². The Morgan fingerprint density at radius 3 is 2.50 bits per heavy atom. The van der Waals surface area contributed by atoms with E-state index in [4.69, 9.17) is 16.3 Å². The molecular weight excluding hydrogens is 387 g/mol. The molecule has 0 aromatic heterocycles. The molecule has 0 aliphatic rings. The number of rotatable bonds is 3. The molecule has 2 rings (SSSR count). The highest BCUT2D eigenvalue weighted by atomic mass is 127. The fourth-order valence-electron chi connectivity index (χ4n) is 2.16. The van der Waals surface area contributed by atoms with Crippen LogP contribution in [0.5, 0.6) is 5.75 Å². The van der Waals surface area contributed by atoms with Crippen molar-refractivity contribution in [2.45, 2.75) is 13.8 Å². The number of methoxy groups -OCH3 is 1. The fraction of sp³-hybridized carbons (Fsp3) is 0.188. The van der Waals surface area contributed by atoms with Crippen molar-refractivity contribution in [3.05, 3.63) is 61.2 Å². The Kier molecular flexibility index (Phi) is 4.70. The standard InChI is InChI=1S/C16H14ClIO2/c1-9-6-10(2)15(14(7-9)20-3)16(19)11-4-5-13(18)12(17)8-11/h4-8H,1-3H3. The van der Waals surface area contributed by atoms with E-state index >= 15 is 0 Å². The average Bonchev–Trinajstić information content (AvgIpc) is 2.40. The number of ether oxygens (including phenoxy) is 1. The van der Waals surface area contributed by atoms with Crippen molar-refractivity contribution in [1.29, 1.82) is 0 Å². The van der Waals surface area contributed by atoms with Crippen LogP contribution in [0.25, 0.3) is 0 Å². The summed E-state index contributed by atoms with van der Waals surface area (Å²) in [4.78, 5) is 12.7. The molecule has 0 unspecified atom stereocenters. The Balaban J connectivity index is 2.55. The van der Waals surface area contributed by atoms with E-state index in [0.29, 0.717) is 21.9 Å². The number of aryl methyl sites for hydroxylation is 2. The van der Waals surface area contributed by atoms with Gasteiger partial charge in [0.15, 0.2) is 5.78 Å². The number of hydrogen-bond donors (Lipinski definition) is 0. The van der Waals surface area contributed by atoms with Crippen LogP contribution in [0.3, 0.4) is 0 Å². The van der Waals surface area contributed by atoms with Crippen molar-refractivity contribution in [1.82, 2.24) is 0 Å². The third-order valence-corrected chi connectivity index (χ3v) is 4.64. The Hall–Kier alpha value is -1.07. The highest BCUT2D eigenvalue weighted by Gasteiger charge is 2.18. The van der Waals surface area contributed by atoms with Gasteiger partial charge in [0, 0.05) is 9.13 Å². The van der Waals surface area contributed by atoms with Crippen LogP contribution in [0.2, 0.25) is 5.02 Å². The minimum atomic E-state index is -0.0716. The van der Waals surface area contributed by atoms with Crippen molar-refractivity contribution in [3.8, 4) is 5.75 Å². The Morgan fingerprint density at radius 2 is 1.90 bits per heavy atom. The van der Waals surface area contributed by atoms with Gasteiger partial charge in [-0.05, 0) is 71.8 Å². The Labute approximate surface area is 137 Å². The summed E-state index contributed by atoms with van der Waals surface area (Å²) in [6, 6.07) is 9.17. The first-order chi connectivity index (χ1) is 9.43. The molecule has 4 heteroatoms. The molecule has 0 fully saturated rings. The van der Waals surface area contributed by atoms with Gasteiger partial charge in [-0.2, -0.15) is 0 Å². The largest absolute Gasteiger partial charge is 0.496 e. The zero-order valence-corrected chi connectivity index (χ0v) is 14.4. The van der Waals surface area contributed by atoms with Gasteiger partial charge in [-0.25, -0.2) is 0 Å². The lowest BCUT2D eigenvalue weighted by atomic mass is 9.96. The molecule has 0 atom stereocenters. The normalized spacial score (nSPS) is 10.4. The molecule has 0 aliphatic heterocycles. The van der Waals surface area contributed by atoms with Crippen LogP contribution in [0.4, 0.5) is 0 Å². The van der Waals surface area contributed by atoms with Gasteiger partial charge in [-0.3, -0.25) is 4.79 Å². The third-order valence-electron chi connectivity index (χ3n) is 3.07. The lowest BCUT2D eigenvalue weighted by Gasteiger charge is -2.12. The van der Waals surface area contributed by atoms with Gasteiger partial charge in [0.2, 0.25) is 0 Å². The Bertz CT molecular complexity index is 680. The van der Waals surface area contributed by atoms with E-state index in [1.54, 1.807) is 19.2 Å². The van der Waals surface area contributed by atoms with E-state index in [0.717, 1.165) is 14.7 Å². The van der Waals surface area contributed by atoms with E-state index in [2.05, 4.69) is 22.6 Å². The summed E-state index contributed by atoms with van der Waals surface area (Å²) >= 11 is 8.23. The molecule has 2 aromatic carbocycles.